The lowest BCUT2D eigenvalue weighted by atomic mass is 10.1. The Kier molecular flexibility index (Phi) is 5.75. The average Bonchev–Trinajstić information content (AvgIpc) is 2.56. The topological polar surface area (TPSA) is 41.1 Å². The SMILES string of the molecule is C=CC(C)NC(=O)[C@H]1CCNC1.Cl. The van der Waals surface area contributed by atoms with E-state index >= 15 is 0 Å². The first-order valence-corrected chi connectivity index (χ1v) is 4.37. The van der Waals surface area contributed by atoms with Crippen molar-refractivity contribution in [2.24, 2.45) is 5.92 Å². The summed E-state index contributed by atoms with van der Waals surface area (Å²) >= 11 is 0. The molecule has 1 heterocycles. The van der Waals surface area contributed by atoms with Gasteiger partial charge in [0.2, 0.25) is 5.91 Å². The average molecular weight is 205 g/mol. The van der Waals surface area contributed by atoms with Crippen LogP contribution in [0.15, 0.2) is 12.7 Å². The van der Waals surface area contributed by atoms with Crippen LogP contribution in [0.4, 0.5) is 0 Å². The molecule has 4 heteroatoms. The van der Waals surface area contributed by atoms with Crippen molar-refractivity contribution in [2.75, 3.05) is 13.1 Å². The number of hydrogen-bond donors (Lipinski definition) is 2. The summed E-state index contributed by atoms with van der Waals surface area (Å²) in [4.78, 5) is 11.4. The van der Waals surface area contributed by atoms with Gasteiger partial charge in [-0.05, 0) is 19.9 Å². The van der Waals surface area contributed by atoms with Gasteiger partial charge in [0.1, 0.15) is 0 Å². The molecule has 13 heavy (non-hydrogen) atoms. The molecular weight excluding hydrogens is 188 g/mol. The second-order valence-corrected chi connectivity index (χ2v) is 3.22. The Hall–Kier alpha value is -0.540. The van der Waals surface area contributed by atoms with Crippen LogP contribution in [0.25, 0.3) is 0 Å². The number of rotatable bonds is 3. The molecule has 0 aromatic rings. The van der Waals surface area contributed by atoms with Crippen molar-refractivity contribution in [1.29, 1.82) is 0 Å². The summed E-state index contributed by atoms with van der Waals surface area (Å²) in [6, 6.07) is 0.0816. The van der Waals surface area contributed by atoms with E-state index in [0.717, 1.165) is 19.5 Å². The largest absolute Gasteiger partial charge is 0.350 e. The standard InChI is InChI=1S/C9H16N2O.ClH/c1-3-7(2)11-9(12)8-4-5-10-6-8;/h3,7-8,10H,1,4-6H2,2H3,(H,11,12);1H/t7?,8-;/m0./s1. The molecule has 0 aromatic carbocycles. The van der Waals surface area contributed by atoms with Gasteiger partial charge < -0.3 is 10.6 Å². The van der Waals surface area contributed by atoms with Crippen molar-refractivity contribution in [3.05, 3.63) is 12.7 Å². The van der Waals surface area contributed by atoms with Crippen LogP contribution in [-0.4, -0.2) is 25.0 Å². The van der Waals surface area contributed by atoms with Gasteiger partial charge in [0.15, 0.2) is 0 Å². The van der Waals surface area contributed by atoms with E-state index in [1.807, 2.05) is 6.92 Å². The third kappa shape index (κ3) is 3.79. The highest BCUT2D eigenvalue weighted by molar-refractivity contribution is 5.85. The van der Waals surface area contributed by atoms with Crippen LogP contribution in [0.5, 0.6) is 0 Å². The fraction of sp³-hybridized carbons (Fsp3) is 0.667. The molecule has 1 fully saturated rings. The predicted molar refractivity (Wildman–Crippen MR) is 56.0 cm³/mol. The van der Waals surface area contributed by atoms with E-state index in [4.69, 9.17) is 0 Å². The summed E-state index contributed by atoms with van der Waals surface area (Å²) in [6.45, 7) is 7.31. The quantitative estimate of drug-likeness (QED) is 0.665. The van der Waals surface area contributed by atoms with Crippen LogP contribution < -0.4 is 10.6 Å². The summed E-state index contributed by atoms with van der Waals surface area (Å²) in [7, 11) is 0. The molecule has 1 rings (SSSR count). The maximum absolute atomic E-state index is 11.4. The highest BCUT2D eigenvalue weighted by atomic mass is 35.5. The van der Waals surface area contributed by atoms with Gasteiger partial charge in [-0.1, -0.05) is 6.08 Å². The molecule has 3 nitrogen and oxygen atoms in total. The summed E-state index contributed by atoms with van der Waals surface area (Å²) in [5, 5.41) is 6.03. The van der Waals surface area contributed by atoms with Gasteiger partial charge in [0.05, 0.1) is 5.92 Å². The Balaban J connectivity index is 0.00000144. The fourth-order valence-corrected chi connectivity index (χ4v) is 1.28. The van der Waals surface area contributed by atoms with E-state index < -0.39 is 0 Å². The van der Waals surface area contributed by atoms with Crippen molar-refractivity contribution in [3.63, 3.8) is 0 Å². The van der Waals surface area contributed by atoms with Crippen LogP contribution in [-0.2, 0) is 4.79 Å². The van der Waals surface area contributed by atoms with Gasteiger partial charge >= 0.3 is 0 Å². The molecule has 1 unspecified atom stereocenters. The van der Waals surface area contributed by atoms with Crippen LogP contribution >= 0.6 is 12.4 Å². The first kappa shape index (κ1) is 12.5. The zero-order chi connectivity index (χ0) is 8.97. The van der Waals surface area contributed by atoms with Gasteiger partial charge in [-0.25, -0.2) is 0 Å². The van der Waals surface area contributed by atoms with Crippen LogP contribution in [0.3, 0.4) is 0 Å². The zero-order valence-corrected chi connectivity index (χ0v) is 8.69. The highest BCUT2D eigenvalue weighted by Gasteiger charge is 2.22. The van der Waals surface area contributed by atoms with Gasteiger partial charge in [-0.2, -0.15) is 0 Å². The minimum atomic E-state index is 0. The maximum Gasteiger partial charge on any atom is 0.224 e. The molecule has 1 aliphatic heterocycles. The van der Waals surface area contributed by atoms with Gasteiger partial charge in [0.25, 0.3) is 0 Å². The lowest BCUT2D eigenvalue weighted by Crippen LogP contribution is -2.36. The van der Waals surface area contributed by atoms with Crippen molar-refractivity contribution >= 4 is 18.3 Å². The van der Waals surface area contributed by atoms with E-state index in [1.165, 1.54) is 0 Å². The molecular formula is C9H17ClN2O. The Labute approximate surface area is 85.4 Å². The Morgan fingerprint density at radius 2 is 2.46 bits per heavy atom. The number of nitrogens with one attached hydrogen (secondary N) is 2. The summed E-state index contributed by atoms with van der Waals surface area (Å²) in [6.07, 6.45) is 2.69. The predicted octanol–water partition coefficient (Wildman–Crippen LogP) is 0.708. The Morgan fingerprint density at radius 3 is 2.92 bits per heavy atom. The molecule has 1 saturated heterocycles. The number of hydrogen-bond acceptors (Lipinski definition) is 2. The molecule has 0 bridgehead atoms. The first-order valence-electron chi connectivity index (χ1n) is 4.37. The van der Waals surface area contributed by atoms with Gasteiger partial charge in [0, 0.05) is 12.6 Å². The molecule has 0 saturated carbocycles. The Bertz CT molecular complexity index is 178. The first-order chi connectivity index (χ1) is 5.74. The van der Waals surface area contributed by atoms with Crippen molar-refractivity contribution in [2.45, 2.75) is 19.4 Å². The number of carbonyl (C=O) groups excluding carboxylic acids is 1. The summed E-state index contributed by atoms with van der Waals surface area (Å²) in [5.74, 6) is 0.305. The van der Waals surface area contributed by atoms with Crippen LogP contribution in [0.2, 0.25) is 0 Å². The third-order valence-corrected chi connectivity index (χ3v) is 2.15. The van der Waals surface area contributed by atoms with Crippen molar-refractivity contribution in [3.8, 4) is 0 Å². The maximum atomic E-state index is 11.4. The molecule has 2 N–H and O–H groups in total. The Morgan fingerprint density at radius 1 is 1.77 bits per heavy atom. The summed E-state index contributed by atoms with van der Waals surface area (Å²) in [5.41, 5.74) is 0. The van der Waals surface area contributed by atoms with Crippen LogP contribution in [0.1, 0.15) is 13.3 Å². The smallest absolute Gasteiger partial charge is 0.224 e. The second-order valence-electron chi connectivity index (χ2n) is 3.22. The monoisotopic (exact) mass is 204 g/mol. The number of halogens is 1. The normalized spacial score (nSPS) is 23.0. The van der Waals surface area contributed by atoms with Gasteiger partial charge in [-0.15, -0.1) is 19.0 Å². The second kappa shape index (κ2) is 6.00. The van der Waals surface area contributed by atoms with Crippen molar-refractivity contribution < 1.29 is 4.79 Å². The van der Waals surface area contributed by atoms with E-state index in [2.05, 4.69) is 17.2 Å². The van der Waals surface area contributed by atoms with E-state index in [-0.39, 0.29) is 30.3 Å². The van der Waals surface area contributed by atoms with E-state index in [9.17, 15) is 4.79 Å². The fourth-order valence-electron chi connectivity index (χ4n) is 1.28. The lowest BCUT2D eigenvalue weighted by Gasteiger charge is -2.12. The number of carbonyl (C=O) groups is 1. The zero-order valence-electron chi connectivity index (χ0n) is 7.88. The third-order valence-electron chi connectivity index (χ3n) is 2.15. The number of amides is 1. The molecule has 0 radical (unpaired) electrons. The lowest BCUT2D eigenvalue weighted by molar-refractivity contribution is -0.124. The van der Waals surface area contributed by atoms with Crippen LogP contribution in [0, 0.1) is 5.92 Å². The highest BCUT2D eigenvalue weighted by Crippen LogP contribution is 2.07. The molecule has 1 aliphatic rings. The minimum Gasteiger partial charge on any atom is -0.350 e. The van der Waals surface area contributed by atoms with E-state index in [1.54, 1.807) is 6.08 Å². The van der Waals surface area contributed by atoms with E-state index in [0.29, 0.717) is 0 Å². The molecule has 0 spiro atoms. The molecule has 0 aliphatic carbocycles. The summed E-state index contributed by atoms with van der Waals surface area (Å²) < 4.78 is 0. The van der Waals surface area contributed by atoms with Crippen molar-refractivity contribution in [1.82, 2.24) is 10.6 Å². The molecule has 1 amide bonds. The molecule has 0 aromatic heterocycles. The minimum absolute atomic E-state index is 0. The van der Waals surface area contributed by atoms with Gasteiger partial charge in [-0.3, -0.25) is 4.79 Å². The molecule has 76 valence electrons. The molecule has 2 atom stereocenters.